The molecule has 0 radical (unpaired) electrons. The molecule has 0 N–H and O–H groups in total. The Balaban J connectivity index is 1.17. The summed E-state index contributed by atoms with van der Waals surface area (Å²) in [4.78, 5) is 44.6. The van der Waals surface area contributed by atoms with E-state index in [0.29, 0.717) is 32.7 Å². The van der Waals surface area contributed by atoms with E-state index >= 15 is 0 Å². The maximum Gasteiger partial charge on any atom is 0.329 e. The van der Waals surface area contributed by atoms with Crippen LogP contribution < -0.4 is 0 Å². The van der Waals surface area contributed by atoms with E-state index in [2.05, 4.69) is 0 Å². The number of rotatable bonds is 3. The lowest BCUT2D eigenvalue weighted by molar-refractivity contribution is -0.138. The number of fused-ring (bicyclic) bond motifs is 1. The molecular weight excluding hydrogens is 404 g/mol. The van der Waals surface area contributed by atoms with Gasteiger partial charge in [-0.15, -0.1) is 0 Å². The van der Waals surface area contributed by atoms with Gasteiger partial charge in [-0.3, -0.25) is 14.2 Å². The number of piperidine rings is 2. The predicted molar refractivity (Wildman–Crippen MR) is 120 cm³/mol. The normalized spacial score (nSPS) is 21.7. The van der Waals surface area contributed by atoms with Crippen LogP contribution in [0, 0.1) is 12.8 Å². The molecule has 4 heterocycles. The second-order valence-electron chi connectivity index (χ2n) is 9.24. The van der Waals surface area contributed by atoms with Gasteiger partial charge in [-0.1, -0.05) is 18.2 Å². The van der Waals surface area contributed by atoms with Crippen molar-refractivity contribution in [2.45, 2.75) is 45.2 Å². The van der Waals surface area contributed by atoms with Crippen LogP contribution in [0.1, 0.15) is 47.3 Å². The van der Waals surface area contributed by atoms with Gasteiger partial charge in [0.2, 0.25) is 5.91 Å². The molecule has 1 atom stereocenters. The minimum absolute atomic E-state index is 0.0238. The summed E-state index contributed by atoms with van der Waals surface area (Å²) in [5, 5.41) is 0. The number of carbonyl (C=O) groups is 3. The van der Waals surface area contributed by atoms with Crippen molar-refractivity contribution in [2.24, 2.45) is 5.92 Å². The van der Waals surface area contributed by atoms with E-state index in [1.807, 2.05) is 64.2 Å². The number of benzene rings is 1. The number of amides is 3. The lowest BCUT2D eigenvalue weighted by atomic mass is 9.94. The molecule has 1 aromatic carbocycles. The van der Waals surface area contributed by atoms with Crippen molar-refractivity contribution in [3.8, 4) is 0 Å². The molecule has 0 aliphatic carbocycles. The Kier molecular flexibility index (Phi) is 5.49. The zero-order valence-electron chi connectivity index (χ0n) is 18.6. The highest BCUT2D eigenvalue weighted by molar-refractivity contribution is 5.96. The van der Waals surface area contributed by atoms with Crippen molar-refractivity contribution >= 4 is 17.8 Å². The highest BCUT2D eigenvalue weighted by atomic mass is 16.2. The summed E-state index contributed by atoms with van der Waals surface area (Å²) < 4.78 is 1.72. The van der Waals surface area contributed by atoms with Gasteiger partial charge in [0.05, 0.1) is 12.5 Å². The van der Waals surface area contributed by atoms with E-state index in [-0.39, 0.29) is 29.8 Å². The van der Waals surface area contributed by atoms with Crippen molar-refractivity contribution < 1.29 is 14.4 Å². The molecule has 2 saturated heterocycles. The van der Waals surface area contributed by atoms with E-state index in [4.69, 9.17) is 0 Å². The van der Waals surface area contributed by atoms with Crippen molar-refractivity contribution in [1.29, 1.82) is 0 Å². The Hall–Kier alpha value is -3.09. The minimum atomic E-state index is -0.137. The monoisotopic (exact) mass is 434 g/mol. The third kappa shape index (κ3) is 3.70. The average molecular weight is 435 g/mol. The van der Waals surface area contributed by atoms with Gasteiger partial charge in [0.15, 0.2) is 0 Å². The maximum atomic E-state index is 13.3. The van der Waals surface area contributed by atoms with Crippen molar-refractivity contribution in [1.82, 2.24) is 19.3 Å². The van der Waals surface area contributed by atoms with Crippen LogP contribution in [0.25, 0.3) is 0 Å². The van der Waals surface area contributed by atoms with E-state index < -0.39 is 0 Å². The molecule has 32 heavy (non-hydrogen) atoms. The van der Waals surface area contributed by atoms with E-state index in [1.54, 1.807) is 4.57 Å². The molecule has 0 spiro atoms. The van der Waals surface area contributed by atoms with E-state index in [1.165, 1.54) is 0 Å². The standard InChI is InChI=1S/C25H30N4O3/c1-18-6-2-3-9-22(18)24(31)27-12-4-7-19(16-27)23(30)26-14-10-20(11-15-26)29-17-21-8-5-13-28(21)25(29)32/h2-3,5-6,8-9,13,19-20H,4,7,10-12,14-17H2,1H3. The van der Waals surface area contributed by atoms with Crippen LogP contribution in [0.2, 0.25) is 0 Å². The number of aromatic nitrogens is 1. The SMILES string of the molecule is Cc1ccccc1C(=O)N1CCCC(C(=O)N2CCC(N3Cc4cccn4C3=O)CC2)C1. The highest BCUT2D eigenvalue weighted by Gasteiger charge is 2.37. The minimum Gasteiger partial charge on any atom is -0.342 e. The van der Waals surface area contributed by atoms with Crippen LogP contribution in [0.3, 0.4) is 0 Å². The number of hydrogen-bond donors (Lipinski definition) is 0. The Morgan fingerprint density at radius 3 is 2.47 bits per heavy atom. The van der Waals surface area contributed by atoms with Crippen LogP contribution >= 0.6 is 0 Å². The van der Waals surface area contributed by atoms with Crippen LogP contribution in [-0.4, -0.2) is 69.3 Å². The third-order valence-corrected chi connectivity index (χ3v) is 7.27. The van der Waals surface area contributed by atoms with Gasteiger partial charge >= 0.3 is 6.03 Å². The van der Waals surface area contributed by atoms with Crippen molar-refractivity contribution in [2.75, 3.05) is 26.2 Å². The Morgan fingerprint density at radius 2 is 1.72 bits per heavy atom. The largest absolute Gasteiger partial charge is 0.342 e. The quantitative estimate of drug-likeness (QED) is 0.746. The first-order chi connectivity index (χ1) is 15.5. The van der Waals surface area contributed by atoms with Gasteiger partial charge in [-0.05, 0) is 56.4 Å². The number of hydrogen-bond acceptors (Lipinski definition) is 3. The molecule has 2 fully saturated rings. The highest BCUT2D eigenvalue weighted by Crippen LogP contribution is 2.27. The fourth-order valence-corrected chi connectivity index (χ4v) is 5.40. The molecule has 0 bridgehead atoms. The van der Waals surface area contributed by atoms with Crippen LogP contribution in [0.4, 0.5) is 4.79 Å². The molecule has 3 aliphatic heterocycles. The molecule has 1 aromatic heterocycles. The summed E-state index contributed by atoms with van der Waals surface area (Å²) in [5.74, 6) is 0.0444. The zero-order chi connectivity index (χ0) is 22.2. The second kappa shape index (κ2) is 8.45. The first kappa shape index (κ1) is 20.8. The van der Waals surface area contributed by atoms with E-state index in [0.717, 1.165) is 42.5 Å². The van der Waals surface area contributed by atoms with Gasteiger partial charge in [-0.25, -0.2) is 4.79 Å². The first-order valence-electron chi connectivity index (χ1n) is 11.6. The number of carbonyl (C=O) groups excluding carboxylic acids is 3. The van der Waals surface area contributed by atoms with Crippen molar-refractivity contribution in [3.05, 3.63) is 59.4 Å². The molecular formula is C25H30N4O3. The number of nitrogens with zero attached hydrogens (tertiary/aromatic N) is 4. The smallest absolute Gasteiger partial charge is 0.329 e. The lowest BCUT2D eigenvalue weighted by Gasteiger charge is -2.39. The molecule has 5 rings (SSSR count). The number of aryl methyl sites for hydroxylation is 1. The molecule has 3 amide bonds. The van der Waals surface area contributed by atoms with Crippen LogP contribution in [-0.2, 0) is 11.3 Å². The molecule has 1 unspecified atom stereocenters. The van der Waals surface area contributed by atoms with Crippen LogP contribution in [0.15, 0.2) is 42.6 Å². The summed E-state index contributed by atoms with van der Waals surface area (Å²) >= 11 is 0. The maximum absolute atomic E-state index is 13.3. The summed E-state index contributed by atoms with van der Waals surface area (Å²) in [6.07, 6.45) is 5.12. The zero-order valence-corrected chi connectivity index (χ0v) is 18.6. The van der Waals surface area contributed by atoms with E-state index in [9.17, 15) is 14.4 Å². The average Bonchev–Trinajstić information content (AvgIpc) is 3.41. The predicted octanol–water partition coefficient (Wildman–Crippen LogP) is 3.12. The molecule has 7 heteroatoms. The Bertz CT molecular complexity index is 1040. The number of likely N-dealkylation sites (tertiary alicyclic amines) is 2. The van der Waals surface area contributed by atoms with Gasteiger partial charge in [0, 0.05) is 49.7 Å². The van der Waals surface area contributed by atoms with Crippen LogP contribution in [0.5, 0.6) is 0 Å². The fraction of sp³-hybridized carbons (Fsp3) is 0.480. The summed E-state index contributed by atoms with van der Waals surface area (Å²) in [7, 11) is 0. The molecule has 3 aliphatic rings. The van der Waals surface area contributed by atoms with Crippen molar-refractivity contribution in [3.63, 3.8) is 0 Å². The molecule has 7 nitrogen and oxygen atoms in total. The third-order valence-electron chi connectivity index (χ3n) is 7.27. The molecule has 168 valence electrons. The summed E-state index contributed by atoms with van der Waals surface area (Å²) in [5.41, 5.74) is 2.73. The fourth-order valence-electron chi connectivity index (χ4n) is 5.40. The summed E-state index contributed by atoms with van der Waals surface area (Å²) in [6.45, 7) is 5.15. The van der Waals surface area contributed by atoms with Gasteiger partial charge < -0.3 is 14.7 Å². The molecule has 2 aromatic rings. The topological polar surface area (TPSA) is 65.9 Å². The Morgan fingerprint density at radius 1 is 0.938 bits per heavy atom. The van der Waals surface area contributed by atoms with Gasteiger partial charge in [-0.2, -0.15) is 0 Å². The lowest BCUT2D eigenvalue weighted by Crippen LogP contribution is -2.51. The van der Waals surface area contributed by atoms with Gasteiger partial charge in [0.25, 0.3) is 5.91 Å². The summed E-state index contributed by atoms with van der Waals surface area (Å²) in [6, 6.07) is 11.8. The first-order valence-corrected chi connectivity index (χ1v) is 11.6. The Labute approximate surface area is 188 Å². The second-order valence-corrected chi connectivity index (χ2v) is 9.24. The van der Waals surface area contributed by atoms with Gasteiger partial charge in [0.1, 0.15) is 0 Å². The molecule has 0 saturated carbocycles.